The molecule has 1 heterocycles. The molecule has 162 valence electrons. The molecule has 0 aromatic heterocycles. The van der Waals surface area contributed by atoms with Gasteiger partial charge in [-0.2, -0.15) is 13.2 Å². The molecule has 0 bridgehead atoms. The number of benzene rings is 1. The maximum atomic E-state index is 14.2. The monoisotopic (exact) mass is 424 g/mol. The highest BCUT2D eigenvalue weighted by Crippen LogP contribution is 2.34. The molecule has 1 saturated heterocycles. The van der Waals surface area contributed by atoms with Crippen LogP contribution >= 0.6 is 0 Å². The van der Waals surface area contributed by atoms with E-state index in [1.807, 2.05) is 0 Å². The number of alkyl halides is 3. The van der Waals surface area contributed by atoms with E-state index in [-0.39, 0.29) is 25.1 Å². The molecule has 0 unspecified atom stereocenters. The van der Waals surface area contributed by atoms with Gasteiger partial charge in [0.1, 0.15) is 0 Å². The molecule has 0 radical (unpaired) electrons. The quantitative estimate of drug-likeness (QED) is 0.439. The summed E-state index contributed by atoms with van der Waals surface area (Å²) in [5, 5.41) is 10.1. The second-order valence-electron chi connectivity index (χ2n) is 7.65. The Hall–Kier alpha value is -2.27. The Morgan fingerprint density at radius 1 is 1.34 bits per heavy atom. The van der Waals surface area contributed by atoms with E-state index in [0.29, 0.717) is 0 Å². The van der Waals surface area contributed by atoms with Crippen molar-refractivity contribution in [3.05, 3.63) is 35.4 Å². The van der Waals surface area contributed by atoms with Crippen LogP contribution < -0.4 is 5.73 Å². The maximum Gasteiger partial charge on any atom is 0.491 e. The number of likely N-dealkylation sites (tertiary alicyclic amines) is 1. The lowest BCUT2D eigenvalue weighted by Crippen LogP contribution is -2.59. The van der Waals surface area contributed by atoms with Crippen LogP contribution in [0.15, 0.2) is 18.2 Å². The molecule has 1 aromatic rings. The van der Waals surface area contributed by atoms with Crippen LogP contribution in [0.1, 0.15) is 38.2 Å². The molecular weight excluding hydrogens is 403 g/mol. The maximum absolute atomic E-state index is 14.2. The van der Waals surface area contributed by atoms with E-state index in [4.69, 9.17) is 5.73 Å². The van der Waals surface area contributed by atoms with E-state index in [0.717, 1.165) is 11.0 Å². The Balaban J connectivity index is 2.42. The minimum atomic E-state index is -5.38. The number of rotatable bonds is 4. The van der Waals surface area contributed by atoms with Gasteiger partial charge in [-0.15, -0.1) is 0 Å². The molecular formula is C18H21F5N2O4. The molecule has 11 heteroatoms. The highest BCUT2D eigenvalue weighted by molar-refractivity contribution is 5.88. The summed E-state index contributed by atoms with van der Waals surface area (Å²) < 4.78 is 70.0. The fourth-order valence-corrected chi connectivity index (χ4v) is 3.21. The van der Waals surface area contributed by atoms with Gasteiger partial charge in [0, 0.05) is 25.4 Å². The van der Waals surface area contributed by atoms with Crippen molar-refractivity contribution in [2.24, 2.45) is 5.73 Å². The summed E-state index contributed by atoms with van der Waals surface area (Å²) in [6.07, 6.45) is -6.11. The van der Waals surface area contributed by atoms with Crippen LogP contribution in [0.2, 0.25) is 0 Å². The van der Waals surface area contributed by atoms with Crippen molar-refractivity contribution in [3.8, 4) is 0 Å². The van der Waals surface area contributed by atoms with Gasteiger partial charge in [0.05, 0.1) is 5.60 Å². The van der Waals surface area contributed by atoms with Gasteiger partial charge in [0.15, 0.2) is 11.6 Å². The summed E-state index contributed by atoms with van der Waals surface area (Å²) in [7, 11) is 0. The van der Waals surface area contributed by atoms with Gasteiger partial charge in [-0.25, -0.2) is 13.6 Å². The molecule has 2 atom stereocenters. The largest absolute Gasteiger partial charge is 0.491 e. The zero-order valence-corrected chi connectivity index (χ0v) is 15.7. The number of ether oxygens (including phenoxy) is 1. The van der Waals surface area contributed by atoms with Crippen LogP contribution in [0.4, 0.5) is 22.0 Å². The molecule has 1 aliphatic rings. The molecule has 0 aliphatic carbocycles. The fraction of sp³-hybridized carbons (Fsp3) is 0.556. The number of aliphatic hydroxyl groups is 1. The minimum Gasteiger partial charge on any atom is -0.428 e. The zero-order chi connectivity index (χ0) is 22.2. The predicted octanol–water partition coefficient (Wildman–Crippen LogP) is 2.20. The summed E-state index contributed by atoms with van der Waals surface area (Å²) in [4.78, 5) is 25.0. The number of halogens is 5. The van der Waals surface area contributed by atoms with Crippen LogP contribution in [0.5, 0.6) is 0 Å². The third kappa shape index (κ3) is 5.41. The van der Waals surface area contributed by atoms with E-state index >= 15 is 0 Å². The summed E-state index contributed by atoms with van der Waals surface area (Å²) in [6, 6.07) is 3.43. The lowest BCUT2D eigenvalue weighted by Gasteiger charge is -2.34. The predicted molar refractivity (Wildman–Crippen MR) is 90.3 cm³/mol. The van der Waals surface area contributed by atoms with Crippen molar-refractivity contribution >= 4 is 11.9 Å². The van der Waals surface area contributed by atoms with Crippen molar-refractivity contribution < 1.29 is 41.4 Å². The highest BCUT2D eigenvalue weighted by atomic mass is 19.4. The van der Waals surface area contributed by atoms with E-state index < -0.39 is 53.4 Å². The molecule has 6 nitrogen and oxygen atoms in total. The molecule has 0 spiro atoms. The molecule has 1 fully saturated rings. The lowest BCUT2D eigenvalue weighted by molar-refractivity contribution is -0.216. The van der Waals surface area contributed by atoms with Crippen molar-refractivity contribution in [2.45, 2.75) is 50.1 Å². The third-order valence-corrected chi connectivity index (χ3v) is 4.46. The lowest BCUT2D eigenvalue weighted by atomic mass is 9.92. The molecule has 2 rings (SSSR count). The van der Waals surface area contributed by atoms with E-state index in [9.17, 15) is 36.6 Å². The number of hydrogen-bond acceptors (Lipinski definition) is 5. The van der Waals surface area contributed by atoms with Gasteiger partial charge in [-0.3, -0.25) is 10.5 Å². The second-order valence-corrected chi connectivity index (χ2v) is 7.65. The first kappa shape index (κ1) is 23.0. The molecule has 29 heavy (non-hydrogen) atoms. The number of nitrogens with two attached hydrogens (primary N) is 1. The smallest absolute Gasteiger partial charge is 0.428 e. The van der Waals surface area contributed by atoms with Gasteiger partial charge in [0.2, 0.25) is 5.72 Å². The summed E-state index contributed by atoms with van der Waals surface area (Å²) in [5.41, 5.74) is 1.47. The van der Waals surface area contributed by atoms with Crippen molar-refractivity contribution in [1.29, 1.82) is 0 Å². The zero-order valence-electron chi connectivity index (χ0n) is 15.7. The number of hydrogen-bond donors (Lipinski definition) is 2. The van der Waals surface area contributed by atoms with Gasteiger partial charge in [0.25, 0.3) is 5.91 Å². The van der Waals surface area contributed by atoms with Crippen LogP contribution in [0.25, 0.3) is 0 Å². The normalized spacial score (nSPS) is 23.7. The summed E-state index contributed by atoms with van der Waals surface area (Å²) in [6.45, 7) is 2.01. The molecule has 1 aromatic carbocycles. The van der Waals surface area contributed by atoms with E-state index in [1.165, 1.54) is 26.0 Å². The van der Waals surface area contributed by atoms with Crippen LogP contribution in [-0.4, -0.2) is 52.5 Å². The van der Waals surface area contributed by atoms with E-state index in [1.54, 1.807) is 0 Å². The second kappa shape index (κ2) is 7.86. The summed E-state index contributed by atoms with van der Waals surface area (Å²) in [5.74, 6) is -6.96. The number of esters is 1. The van der Waals surface area contributed by atoms with Gasteiger partial charge in [-0.05, 0) is 31.9 Å². The number of carbonyl (C=O) groups is 2. The molecule has 3 N–H and O–H groups in total. The third-order valence-electron chi connectivity index (χ3n) is 4.46. The van der Waals surface area contributed by atoms with Crippen LogP contribution in [0.3, 0.4) is 0 Å². The Bertz CT molecular complexity index is 793. The Kier molecular flexibility index (Phi) is 6.24. The van der Waals surface area contributed by atoms with Gasteiger partial charge < -0.3 is 14.7 Å². The Morgan fingerprint density at radius 3 is 2.52 bits per heavy atom. The number of β-amino-alcohol motifs (C(OH)–C–C–N with tert-alkyl or cyclic N) is 1. The number of amides is 1. The average Bonchev–Trinajstić information content (AvgIpc) is 2.67. The molecule has 1 aliphatic heterocycles. The molecule has 1 amide bonds. The number of nitrogens with zero attached hydrogens (tertiary/aromatic N) is 1. The first-order chi connectivity index (χ1) is 13.1. The van der Waals surface area contributed by atoms with Gasteiger partial charge in [-0.1, -0.05) is 12.1 Å². The van der Waals surface area contributed by atoms with Crippen LogP contribution in [-0.2, 0) is 14.3 Å². The van der Waals surface area contributed by atoms with E-state index in [2.05, 4.69) is 4.74 Å². The Morgan fingerprint density at radius 2 is 1.97 bits per heavy atom. The van der Waals surface area contributed by atoms with Crippen molar-refractivity contribution in [1.82, 2.24) is 4.90 Å². The first-order valence-corrected chi connectivity index (χ1v) is 8.69. The first-order valence-electron chi connectivity index (χ1n) is 8.69. The Labute approximate surface area is 163 Å². The SMILES string of the molecule is CC(C)(O)CN1C[C@H](c2cccc(F)c2F)CC[C@@](N)(OC(=O)C(F)(F)F)C1=O. The van der Waals surface area contributed by atoms with Gasteiger partial charge >= 0.3 is 12.1 Å². The highest BCUT2D eigenvalue weighted by Gasteiger charge is 2.51. The topological polar surface area (TPSA) is 92.9 Å². The van der Waals surface area contributed by atoms with Crippen molar-refractivity contribution in [3.63, 3.8) is 0 Å². The standard InChI is InChI=1S/C18H21F5N2O4/c1-16(2,28)9-25-8-10(11-4-3-5-12(19)13(11)20)6-7-17(24,14(25)26)29-15(27)18(21,22)23/h3-5,10,28H,6-9,24H2,1-2H3/t10-,17-/m1/s1. The fourth-order valence-electron chi connectivity index (χ4n) is 3.21. The number of carbonyl (C=O) groups excluding carboxylic acids is 2. The summed E-state index contributed by atoms with van der Waals surface area (Å²) >= 11 is 0. The minimum absolute atomic E-state index is 0.107. The van der Waals surface area contributed by atoms with Crippen molar-refractivity contribution in [2.75, 3.05) is 13.1 Å². The van der Waals surface area contributed by atoms with Crippen LogP contribution in [0, 0.1) is 11.6 Å². The molecule has 0 saturated carbocycles. The average molecular weight is 424 g/mol.